The largest absolute Gasteiger partial charge is 0.443 e. The van der Waals surface area contributed by atoms with Gasteiger partial charge in [0.2, 0.25) is 5.78 Å². The predicted octanol–water partition coefficient (Wildman–Crippen LogP) is 2.46. The fourth-order valence-electron chi connectivity index (χ4n) is 2.20. The molecule has 1 aliphatic heterocycles. The Balaban J connectivity index is 1.77. The maximum Gasteiger partial charge on any atom is 0.237 e. The maximum atomic E-state index is 12.0. The van der Waals surface area contributed by atoms with Crippen molar-refractivity contribution in [2.45, 2.75) is 19.3 Å². The fourth-order valence-corrected chi connectivity index (χ4v) is 2.20. The molecule has 4 nitrogen and oxygen atoms in total. The van der Waals surface area contributed by atoms with Gasteiger partial charge in [0, 0.05) is 24.7 Å². The smallest absolute Gasteiger partial charge is 0.237 e. The Morgan fingerprint density at radius 1 is 1.26 bits per heavy atom. The molecule has 0 amide bonds. The first-order valence-electron chi connectivity index (χ1n) is 6.47. The van der Waals surface area contributed by atoms with Crippen LogP contribution in [0.3, 0.4) is 0 Å². The number of nitrogens with zero attached hydrogens (tertiary/aromatic N) is 2. The van der Waals surface area contributed by atoms with Crippen molar-refractivity contribution in [3.63, 3.8) is 0 Å². The summed E-state index contributed by atoms with van der Waals surface area (Å²) in [6, 6.07) is 8.15. The molecular weight excluding hydrogens is 240 g/mol. The van der Waals surface area contributed by atoms with E-state index in [2.05, 4.69) is 16.9 Å². The van der Waals surface area contributed by atoms with Crippen LogP contribution in [-0.2, 0) is 0 Å². The van der Waals surface area contributed by atoms with Crippen molar-refractivity contribution >= 4 is 16.9 Å². The number of Topliss-reactive ketones (excluding diaryl/α,β-unsaturated/α-hetero) is 1. The third-order valence-corrected chi connectivity index (χ3v) is 3.28. The molecular formula is C15H14N2O2. The fraction of sp³-hybridized carbons (Fsp3) is 0.333. The average molecular weight is 254 g/mol. The Labute approximate surface area is 111 Å². The van der Waals surface area contributed by atoms with E-state index in [0.29, 0.717) is 11.1 Å². The molecule has 2 aromatic rings. The summed E-state index contributed by atoms with van der Waals surface area (Å²) in [4.78, 5) is 18.0. The molecule has 3 rings (SSSR count). The van der Waals surface area contributed by atoms with Crippen LogP contribution in [0.15, 0.2) is 29.0 Å². The molecule has 0 aliphatic carbocycles. The van der Waals surface area contributed by atoms with Gasteiger partial charge in [-0.3, -0.25) is 4.79 Å². The number of hydrogen-bond acceptors (Lipinski definition) is 4. The van der Waals surface area contributed by atoms with E-state index in [1.807, 2.05) is 4.90 Å². The van der Waals surface area contributed by atoms with E-state index in [4.69, 9.17) is 4.42 Å². The summed E-state index contributed by atoms with van der Waals surface area (Å²) >= 11 is 0. The third-order valence-electron chi connectivity index (χ3n) is 3.28. The molecule has 1 aromatic carbocycles. The van der Waals surface area contributed by atoms with Crippen molar-refractivity contribution in [3.8, 4) is 12.0 Å². The minimum absolute atomic E-state index is 0.177. The van der Waals surface area contributed by atoms with E-state index in [-0.39, 0.29) is 5.78 Å². The van der Waals surface area contributed by atoms with Crippen molar-refractivity contribution in [2.24, 2.45) is 0 Å². The van der Waals surface area contributed by atoms with Crippen LogP contribution in [0.25, 0.3) is 11.1 Å². The van der Waals surface area contributed by atoms with E-state index in [1.165, 1.54) is 12.8 Å². The van der Waals surface area contributed by atoms with Gasteiger partial charge in [0.1, 0.15) is 5.52 Å². The number of ketones is 1. The first kappa shape index (κ1) is 11.8. The SMILES string of the molecule is O=C(C#CN1CCCCC1)c1ccc2ncoc2c1. The van der Waals surface area contributed by atoms with Crippen LogP contribution >= 0.6 is 0 Å². The van der Waals surface area contributed by atoms with Crippen molar-refractivity contribution < 1.29 is 9.21 Å². The van der Waals surface area contributed by atoms with Crippen molar-refractivity contribution in [2.75, 3.05) is 13.1 Å². The second kappa shape index (κ2) is 5.15. The third kappa shape index (κ3) is 2.60. The topological polar surface area (TPSA) is 46.3 Å². The standard InChI is InChI=1S/C15H14N2O2/c18-14(6-9-17-7-2-1-3-8-17)12-4-5-13-15(10-12)19-11-16-13/h4-5,10-11H,1-3,7-8H2. The maximum absolute atomic E-state index is 12.0. The zero-order valence-corrected chi connectivity index (χ0v) is 10.6. The second-order valence-corrected chi connectivity index (χ2v) is 4.65. The Hall–Kier alpha value is -2.28. The van der Waals surface area contributed by atoms with Crippen molar-refractivity contribution in [1.82, 2.24) is 9.88 Å². The van der Waals surface area contributed by atoms with Gasteiger partial charge in [-0.05, 0) is 43.4 Å². The molecule has 0 bridgehead atoms. The highest BCUT2D eigenvalue weighted by Crippen LogP contribution is 2.14. The molecule has 1 fully saturated rings. The Kier molecular flexibility index (Phi) is 3.20. The van der Waals surface area contributed by atoms with Crippen molar-refractivity contribution in [3.05, 3.63) is 30.2 Å². The summed E-state index contributed by atoms with van der Waals surface area (Å²) in [5.41, 5.74) is 1.92. The quantitative estimate of drug-likeness (QED) is 0.579. The summed E-state index contributed by atoms with van der Waals surface area (Å²) in [7, 11) is 0. The first-order valence-corrected chi connectivity index (χ1v) is 6.47. The lowest BCUT2D eigenvalue weighted by Crippen LogP contribution is -2.24. The highest BCUT2D eigenvalue weighted by Gasteiger charge is 2.08. The highest BCUT2D eigenvalue weighted by molar-refractivity contribution is 6.10. The zero-order valence-electron chi connectivity index (χ0n) is 10.6. The lowest BCUT2D eigenvalue weighted by Gasteiger charge is -2.21. The number of oxazole rings is 1. The summed E-state index contributed by atoms with van der Waals surface area (Å²) in [5.74, 6) is 2.52. The van der Waals surface area contributed by atoms with Gasteiger partial charge in [-0.1, -0.05) is 0 Å². The number of hydrogen-bond donors (Lipinski definition) is 0. The van der Waals surface area contributed by atoms with Crippen LogP contribution in [0.1, 0.15) is 29.6 Å². The molecule has 2 heterocycles. The molecule has 1 saturated heterocycles. The molecule has 1 aromatic heterocycles. The van der Waals surface area contributed by atoms with Crippen LogP contribution in [0.2, 0.25) is 0 Å². The van der Waals surface area contributed by atoms with E-state index in [1.54, 1.807) is 18.2 Å². The molecule has 1 aliphatic rings. The highest BCUT2D eigenvalue weighted by atomic mass is 16.3. The number of benzene rings is 1. The number of carbonyl (C=O) groups excluding carboxylic acids is 1. The monoisotopic (exact) mass is 254 g/mol. The van der Waals surface area contributed by atoms with Crippen LogP contribution in [0.5, 0.6) is 0 Å². The molecule has 0 spiro atoms. The number of rotatable bonds is 1. The molecule has 0 radical (unpaired) electrons. The van der Waals surface area contributed by atoms with E-state index >= 15 is 0 Å². The number of fused-ring (bicyclic) bond motifs is 1. The molecule has 0 saturated carbocycles. The van der Waals surface area contributed by atoms with E-state index < -0.39 is 0 Å². The van der Waals surface area contributed by atoms with Crippen LogP contribution < -0.4 is 0 Å². The Morgan fingerprint density at radius 3 is 2.95 bits per heavy atom. The van der Waals surface area contributed by atoms with Gasteiger partial charge in [0.15, 0.2) is 12.0 Å². The molecule has 0 N–H and O–H groups in total. The number of carbonyl (C=O) groups is 1. The second-order valence-electron chi connectivity index (χ2n) is 4.65. The summed E-state index contributed by atoms with van der Waals surface area (Å²) < 4.78 is 5.18. The van der Waals surface area contributed by atoms with Crippen LogP contribution in [-0.4, -0.2) is 28.8 Å². The lowest BCUT2D eigenvalue weighted by atomic mass is 10.1. The van der Waals surface area contributed by atoms with Crippen LogP contribution in [0.4, 0.5) is 0 Å². The van der Waals surface area contributed by atoms with Crippen molar-refractivity contribution in [1.29, 1.82) is 0 Å². The Bertz CT molecular complexity index is 657. The van der Waals surface area contributed by atoms with Crippen LogP contribution in [0, 0.1) is 12.0 Å². The van der Waals surface area contributed by atoms with Gasteiger partial charge in [-0.25, -0.2) is 4.98 Å². The summed E-state index contributed by atoms with van der Waals surface area (Å²) in [6.45, 7) is 1.92. The summed E-state index contributed by atoms with van der Waals surface area (Å²) in [6.07, 6.45) is 4.95. The summed E-state index contributed by atoms with van der Waals surface area (Å²) in [5, 5.41) is 0. The molecule has 0 unspecified atom stereocenters. The molecule has 4 heteroatoms. The normalized spacial score (nSPS) is 15.1. The average Bonchev–Trinajstić information content (AvgIpc) is 2.93. The van der Waals surface area contributed by atoms with Gasteiger partial charge >= 0.3 is 0 Å². The van der Waals surface area contributed by atoms with E-state index in [0.717, 1.165) is 31.4 Å². The van der Waals surface area contributed by atoms with Gasteiger partial charge in [0.25, 0.3) is 0 Å². The lowest BCUT2D eigenvalue weighted by molar-refractivity contribution is 0.105. The molecule has 0 atom stereocenters. The number of piperidine rings is 1. The van der Waals surface area contributed by atoms with Gasteiger partial charge < -0.3 is 9.32 Å². The first-order chi connectivity index (χ1) is 9.33. The minimum atomic E-state index is -0.177. The zero-order chi connectivity index (χ0) is 13.1. The van der Waals surface area contributed by atoms with Gasteiger partial charge in [-0.2, -0.15) is 0 Å². The van der Waals surface area contributed by atoms with Gasteiger partial charge in [0.05, 0.1) is 0 Å². The number of aromatic nitrogens is 1. The Morgan fingerprint density at radius 2 is 2.11 bits per heavy atom. The molecule has 96 valence electrons. The number of likely N-dealkylation sites (tertiary alicyclic amines) is 1. The van der Waals surface area contributed by atoms with Gasteiger partial charge in [-0.15, -0.1) is 0 Å². The van der Waals surface area contributed by atoms with E-state index in [9.17, 15) is 4.79 Å². The molecule has 19 heavy (non-hydrogen) atoms. The minimum Gasteiger partial charge on any atom is -0.443 e. The predicted molar refractivity (Wildman–Crippen MR) is 71.5 cm³/mol.